The molecule has 0 aliphatic carbocycles. The number of fused-ring (bicyclic) bond motifs is 1. The van der Waals surface area contributed by atoms with Crippen LogP contribution in [0.5, 0.6) is 0 Å². The minimum atomic E-state index is -0.729. The van der Waals surface area contributed by atoms with Gasteiger partial charge in [0.15, 0.2) is 5.25 Å². The molecule has 3 rings (SSSR count). The molecule has 0 bridgehead atoms. The average Bonchev–Trinajstić information content (AvgIpc) is 2.90. The fraction of sp³-hybridized carbons (Fsp3) is 0.667. The number of aliphatic imine (C=N–C) groups is 1. The van der Waals surface area contributed by atoms with Gasteiger partial charge in [-0.3, -0.25) is 25.2 Å². The van der Waals surface area contributed by atoms with E-state index in [0.717, 1.165) is 11.8 Å². The van der Waals surface area contributed by atoms with Crippen molar-refractivity contribution in [3.8, 4) is 0 Å². The lowest BCUT2D eigenvalue weighted by molar-refractivity contribution is -0.118. The first kappa shape index (κ1) is 14.5. The predicted molar refractivity (Wildman–Crippen MR) is 76.0 cm³/mol. The molecule has 2 fully saturated rings. The smallest absolute Gasteiger partial charge is 0.290 e. The van der Waals surface area contributed by atoms with E-state index < -0.39 is 23.5 Å². The summed E-state index contributed by atoms with van der Waals surface area (Å²) < 4.78 is 5.77. The summed E-state index contributed by atoms with van der Waals surface area (Å²) in [6, 6.07) is 0. The zero-order chi connectivity index (χ0) is 15.3. The van der Waals surface area contributed by atoms with E-state index in [9.17, 15) is 14.7 Å². The molecule has 0 aromatic carbocycles. The second-order valence-electron chi connectivity index (χ2n) is 5.46. The Hall–Kier alpha value is -1.45. The molecule has 21 heavy (non-hydrogen) atoms. The van der Waals surface area contributed by atoms with Crippen LogP contribution in [0.4, 0.5) is 4.79 Å². The first-order valence-corrected chi connectivity index (χ1v) is 7.58. The number of aliphatic hydroxyl groups excluding tert-OH is 1. The van der Waals surface area contributed by atoms with E-state index in [2.05, 4.69) is 10.3 Å². The van der Waals surface area contributed by atoms with Gasteiger partial charge >= 0.3 is 0 Å². The van der Waals surface area contributed by atoms with Crippen LogP contribution in [0.1, 0.15) is 20.3 Å². The van der Waals surface area contributed by atoms with Gasteiger partial charge < -0.3 is 9.84 Å². The monoisotopic (exact) mass is 312 g/mol. The Balaban J connectivity index is 1.89. The first-order chi connectivity index (χ1) is 9.88. The number of ether oxygens (including phenoxy) is 1. The average molecular weight is 312 g/mol. The van der Waals surface area contributed by atoms with Crippen LogP contribution < -0.4 is 5.32 Å². The van der Waals surface area contributed by atoms with Crippen LogP contribution in [-0.4, -0.2) is 56.6 Å². The molecular formula is C12H16N4O4S. The maximum atomic E-state index is 12.2. The molecule has 0 aromatic heterocycles. The standard InChI is InChI=1S/C12H16N4O4S/c1-4-3-6(5(2)17)20-10(4)16-8-7(21-12(16)19)9(18)15-11(13)14-8/h4-7,10,17H,3H2,1-2H3,(H2,13,15,18)/t4-,5+,6+,7?,10-/m1/s1. The molecule has 9 heteroatoms. The van der Waals surface area contributed by atoms with Gasteiger partial charge in [-0.2, -0.15) is 4.99 Å². The Bertz CT molecular complexity index is 549. The van der Waals surface area contributed by atoms with Gasteiger partial charge in [-0.15, -0.1) is 0 Å². The molecule has 5 atom stereocenters. The van der Waals surface area contributed by atoms with Crippen LogP contribution in [0.2, 0.25) is 0 Å². The van der Waals surface area contributed by atoms with Crippen LogP contribution >= 0.6 is 11.8 Å². The van der Waals surface area contributed by atoms with E-state index in [1.165, 1.54) is 4.90 Å². The van der Waals surface area contributed by atoms with Crippen LogP contribution in [0.25, 0.3) is 0 Å². The highest BCUT2D eigenvalue weighted by atomic mass is 32.2. The number of hydrogen-bond acceptors (Lipinski definition) is 6. The number of thioether (sulfide) groups is 1. The number of amidine groups is 1. The Morgan fingerprint density at radius 3 is 2.90 bits per heavy atom. The highest BCUT2D eigenvalue weighted by Crippen LogP contribution is 2.38. The summed E-state index contributed by atoms with van der Waals surface area (Å²) in [7, 11) is 0. The van der Waals surface area contributed by atoms with Gasteiger partial charge in [0.25, 0.3) is 5.24 Å². The minimum Gasteiger partial charge on any atom is -0.391 e. The normalized spacial score (nSPS) is 37.4. The van der Waals surface area contributed by atoms with Crippen molar-refractivity contribution in [2.24, 2.45) is 10.9 Å². The molecule has 3 heterocycles. The number of guanidine groups is 1. The lowest BCUT2D eigenvalue weighted by atomic mass is 10.0. The number of hydrogen-bond donors (Lipinski definition) is 3. The Kier molecular flexibility index (Phi) is 3.50. The van der Waals surface area contributed by atoms with Crippen molar-refractivity contribution in [1.29, 1.82) is 5.41 Å². The first-order valence-electron chi connectivity index (χ1n) is 6.70. The molecule has 0 spiro atoms. The van der Waals surface area contributed by atoms with Gasteiger partial charge in [0, 0.05) is 5.92 Å². The summed E-state index contributed by atoms with van der Waals surface area (Å²) in [6.45, 7) is 3.57. The van der Waals surface area contributed by atoms with Gasteiger partial charge in [-0.25, -0.2) is 0 Å². The molecular weight excluding hydrogens is 296 g/mol. The molecule has 0 saturated carbocycles. The van der Waals surface area contributed by atoms with Crippen molar-refractivity contribution in [3.05, 3.63) is 0 Å². The van der Waals surface area contributed by atoms with Crippen molar-refractivity contribution < 1.29 is 19.4 Å². The third-order valence-corrected chi connectivity index (χ3v) is 4.86. The summed E-state index contributed by atoms with van der Waals surface area (Å²) in [5.41, 5.74) is 0. The molecule has 1 unspecified atom stereocenters. The van der Waals surface area contributed by atoms with Crippen molar-refractivity contribution in [3.63, 3.8) is 0 Å². The number of aliphatic hydroxyl groups is 1. The largest absolute Gasteiger partial charge is 0.391 e. The molecule has 8 nitrogen and oxygen atoms in total. The number of nitrogens with one attached hydrogen (secondary N) is 2. The summed E-state index contributed by atoms with van der Waals surface area (Å²) in [5.74, 6) is -0.426. The maximum absolute atomic E-state index is 12.2. The van der Waals surface area contributed by atoms with Crippen LogP contribution in [0.3, 0.4) is 0 Å². The number of rotatable bonds is 2. The van der Waals surface area contributed by atoms with Gasteiger partial charge in [0.2, 0.25) is 11.9 Å². The summed E-state index contributed by atoms with van der Waals surface area (Å²) >= 11 is 0.871. The van der Waals surface area contributed by atoms with Gasteiger partial charge in [0.1, 0.15) is 12.1 Å². The third kappa shape index (κ3) is 2.34. The van der Waals surface area contributed by atoms with E-state index in [1.54, 1.807) is 6.92 Å². The van der Waals surface area contributed by atoms with Gasteiger partial charge in [-0.05, 0) is 25.1 Å². The molecule has 0 aromatic rings. The topological polar surface area (TPSA) is 115 Å². The third-order valence-electron chi connectivity index (χ3n) is 3.80. The zero-order valence-electron chi connectivity index (χ0n) is 11.6. The summed E-state index contributed by atoms with van der Waals surface area (Å²) in [6.07, 6.45) is -0.918. The summed E-state index contributed by atoms with van der Waals surface area (Å²) in [4.78, 5) is 29.4. The van der Waals surface area contributed by atoms with E-state index in [4.69, 9.17) is 10.1 Å². The van der Waals surface area contributed by atoms with Crippen LogP contribution in [0.15, 0.2) is 4.99 Å². The number of carbonyl (C=O) groups excluding carboxylic acids is 2. The molecule has 3 aliphatic heterocycles. The molecule has 114 valence electrons. The summed E-state index contributed by atoms with van der Waals surface area (Å²) in [5, 5.41) is 18.4. The van der Waals surface area contributed by atoms with Crippen molar-refractivity contribution in [2.75, 3.05) is 0 Å². The quantitative estimate of drug-likeness (QED) is 0.670. The predicted octanol–water partition coefficient (Wildman–Crippen LogP) is 0.119. The fourth-order valence-electron chi connectivity index (χ4n) is 2.75. The second kappa shape index (κ2) is 5.08. The van der Waals surface area contributed by atoms with Crippen LogP contribution in [0, 0.1) is 11.3 Å². The second-order valence-corrected chi connectivity index (χ2v) is 6.52. The lowest BCUT2D eigenvalue weighted by Crippen LogP contribution is -2.51. The van der Waals surface area contributed by atoms with E-state index in [-0.39, 0.29) is 29.1 Å². The molecule has 2 amide bonds. The van der Waals surface area contributed by atoms with Crippen molar-refractivity contribution in [2.45, 2.75) is 44.0 Å². The van der Waals surface area contributed by atoms with E-state index in [0.29, 0.717) is 6.42 Å². The van der Waals surface area contributed by atoms with Crippen molar-refractivity contribution >= 4 is 34.7 Å². The highest BCUT2D eigenvalue weighted by Gasteiger charge is 2.51. The SMILES string of the molecule is C[C@H](O)[C@@H]1C[C@@H](C)[C@H](N2C(=O)SC3C(=O)NC(=N)N=C32)O1. The maximum Gasteiger partial charge on any atom is 0.290 e. The number of amides is 2. The van der Waals surface area contributed by atoms with Crippen molar-refractivity contribution in [1.82, 2.24) is 10.2 Å². The van der Waals surface area contributed by atoms with E-state index >= 15 is 0 Å². The Morgan fingerprint density at radius 2 is 2.29 bits per heavy atom. The zero-order valence-corrected chi connectivity index (χ0v) is 12.4. The molecule has 2 saturated heterocycles. The number of carbonyl (C=O) groups is 2. The van der Waals surface area contributed by atoms with Gasteiger partial charge in [-0.1, -0.05) is 6.92 Å². The van der Waals surface area contributed by atoms with Gasteiger partial charge in [0.05, 0.1) is 12.2 Å². The number of nitrogens with zero attached hydrogens (tertiary/aromatic N) is 2. The fourth-order valence-corrected chi connectivity index (χ4v) is 3.70. The van der Waals surface area contributed by atoms with Crippen LogP contribution in [-0.2, 0) is 9.53 Å². The molecule has 3 N–H and O–H groups in total. The Labute approximate surface area is 125 Å². The molecule has 0 radical (unpaired) electrons. The lowest BCUT2D eigenvalue weighted by Gasteiger charge is -2.28. The Morgan fingerprint density at radius 1 is 1.57 bits per heavy atom. The minimum absolute atomic E-state index is 0.00905. The van der Waals surface area contributed by atoms with E-state index in [1.807, 2.05) is 6.92 Å². The highest BCUT2D eigenvalue weighted by molar-refractivity contribution is 8.16. The molecule has 3 aliphatic rings.